The summed E-state index contributed by atoms with van der Waals surface area (Å²) in [7, 11) is 0. The SMILES string of the molecule is CCCC(=O)c1ccc(C(C)(C)c2ccc(O)cc2)cc1. The zero-order valence-corrected chi connectivity index (χ0v) is 12.9. The van der Waals surface area contributed by atoms with Gasteiger partial charge in [0, 0.05) is 17.4 Å². The molecule has 2 rings (SSSR count). The van der Waals surface area contributed by atoms with Crippen molar-refractivity contribution >= 4 is 5.78 Å². The van der Waals surface area contributed by atoms with Crippen molar-refractivity contribution in [3.63, 3.8) is 0 Å². The Morgan fingerprint density at radius 2 is 1.43 bits per heavy atom. The molecule has 2 aromatic rings. The number of carbonyl (C=O) groups excluding carboxylic acids is 1. The molecule has 2 heteroatoms. The lowest BCUT2D eigenvalue weighted by molar-refractivity contribution is 0.0981. The summed E-state index contributed by atoms with van der Waals surface area (Å²) in [6.45, 7) is 6.30. The van der Waals surface area contributed by atoms with Crippen molar-refractivity contribution in [3.05, 3.63) is 65.2 Å². The first kappa shape index (κ1) is 15.3. The molecule has 21 heavy (non-hydrogen) atoms. The van der Waals surface area contributed by atoms with Gasteiger partial charge in [-0.2, -0.15) is 0 Å². The van der Waals surface area contributed by atoms with E-state index in [-0.39, 0.29) is 16.9 Å². The Bertz CT molecular complexity index is 607. The number of carbonyl (C=O) groups is 1. The zero-order valence-electron chi connectivity index (χ0n) is 12.9. The van der Waals surface area contributed by atoms with Crippen molar-refractivity contribution in [1.29, 1.82) is 0 Å². The molecule has 0 unspecified atom stereocenters. The van der Waals surface area contributed by atoms with E-state index in [1.165, 1.54) is 0 Å². The van der Waals surface area contributed by atoms with Gasteiger partial charge in [-0.15, -0.1) is 0 Å². The molecular weight excluding hydrogens is 260 g/mol. The number of aromatic hydroxyl groups is 1. The average Bonchev–Trinajstić information content (AvgIpc) is 2.48. The van der Waals surface area contributed by atoms with Gasteiger partial charge < -0.3 is 5.11 Å². The van der Waals surface area contributed by atoms with Gasteiger partial charge in [-0.3, -0.25) is 4.79 Å². The quantitative estimate of drug-likeness (QED) is 0.807. The lowest BCUT2D eigenvalue weighted by Crippen LogP contribution is -2.18. The first-order chi connectivity index (χ1) is 9.95. The molecular formula is C19H22O2. The molecule has 2 nitrogen and oxygen atoms in total. The van der Waals surface area contributed by atoms with Gasteiger partial charge in [0.15, 0.2) is 5.78 Å². The third kappa shape index (κ3) is 3.33. The maximum Gasteiger partial charge on any atom is 0.162 e. The van der Waals surface area contributed by atoms with E-state index in [9.17, 15) is 9.90 Å². The minimum absolute atomic E-state index is 0.167. The van der Waals surface area contributed by atoms with Crippen molar-refractivity contribution in [3.8, 4) is 5.75 Å². The predicted molar refractivity (Wildman–Crippen MR) is 85.9 cm³/mol. The summed E-state index contributed by atoms with van der Waals surface area (Å²) in [5.41, 5.74) is 2.90. The number of rotatable bonds is 5. The number of phenols is 1. The van der Waals surface area contributed by atoms with Crippen LogP contribution in [0.15, 0.2) is 48.5 Å². The molecule has 2 aromatic carbocycles. The smallest absolute Gasteiger partial charge is 0.162 e. The van der Waals surface area contributed by atoms with Crippen molar-refractivity contribution in [1.82, 2.24) is 0 Å². The van der Waals surface area contributed by atoms with Crippen LogP contribution in [0.2, 0.25) is 0 Å². The van der Waals surface area contributed by atoms with Gasteiger partial charge in [0.2, 0.25) is 0 Å². The van der Waals surface area contributed by atoms with E-state index in [1.807, 2.05) is 43.3 Å². The molecule has 0 amide bonds. The highest BCUT2D eigenvalue weighted by atomic mass is 16.3. The fourth-order valence-corrected chi connectivity index (χ4v) is 2.49. The molecule has 0 saturated heterocycles. The van der Waals surface area contributed by atoms with Crippen LogP contribution in [0.25, 0.3) is 0 Å². The van der Waals surface area contributed by atoms with Gasteiger partial charge in [-0.05, 0) is 29.7 Å². The summed E-state index contributed by atoms with van der Waals surface area (Å²) in [6.07, 6.45) is 1.47. The monoisotopic (exact) mass is 282 g/mol. The van der Waals surface area contributed by atoms with Crippen LogP contribution in [0, 0.1) is 0 Å². The van der Waals surface area contributed by atoms with Crippen LogP contribution in [0.1, 0.15) is 55.1 Å². The van der Waals surface area contributed by atoms with Crippen LogP contribution in [-0.2, 0) is 5.41 Å². The van der Waals surface area contributed by atoms with E-state index in [4.69, 9.17) is 0 Å². The Balaban J connectivity index is 2.28. The van der Waals surface area contributed by atoms with Crippen LogP contribution in [0.3, 0.4) is 0 Å². The van der Waals surface area contributed by atoms with Gasteiger partial charge >= 0.3 is 0 Å². The lowest BCUT2D eigenvalue weighted by atomic mass is 9.78. The molecule has 0 aliphatic rings. The summed E-state index contributed by atoms with van der Waals surface area (Å²) in [5.74, 6) is 0.474. The third-order valence-electron chi connectivity index (χ3n) is 3.99. The summed E-state index contributed by atoms with van der Waals surface area (Å²) in [6, 6.07) is 15.2. The highest BCUT2D eigenvalue weighted by molar-refractivity contribution is 5.96. The molecule has 1 N–H and O–H groups in total. The molecule has 0 aromatic heterocycles. The summed E-state index contributed by atoms with van der Waals surface area (Å²) < 4.78 is 0. The zero-order chi connectivity index (χ0) is 15.5. The summed E-state index contributed by atoms with van der Waals surface area (Å²) in [5, 5.41) is 9.40. The van der Waals surface area contributed by atoms with Crippen molar-refractivity contribution in [2.75, 3.05) is 0 Å². The third-order valence-corrected chi connectivity index (χ3v) is 3.99. The highest BCUT2D eigenvalue weighted by Gasteiger charge is 2.23. The molecule has 0 heterocycles. The molecule has 0 atom stereocenters. The van der Waals surface area contributed by atoms with E-state index in [0.29, 0.717) is 6.42 Å². The van der Waals surface area contributed by atoms with Gasteiger partial charge in [-0.1, -0.05) is 57.2 Å². The number of phenolic OH excluding ortho intramolecular Hbond substituents is 1. The van der Waals surface area contributed by atoms with Gasteiger partial charge in [0.25, 0.3) is 0 Å². The Hall–Kier alpha value is -2.09. The maximum absolute atomic E-state index is 11.9. The van der Waals surface area contributed by atoms with Gasteiger partial charge in [0.05, 0.1) is 0 Å². The normalized spacial score (nSPS) is 11.4. The van der Waals surface area contributed by atoms with Crippen molar-refractivity contribution in [2.45, 2.75) is 39.0 Å². The van der Waals surface area contributed by atoms with Crippen molar-refractivity contribution in [2.24, 2.45) is 0 Å². The standard InChI is InChI=1S/C19H22O2/c1-4-5-18(21)14-6-8-15(9-7-14)19(2,3)16-10-12-17(20)13-11-16/h6-13,20H,4-5H2,1-3H3. The largest absolute Gasteiger partial charge is 0.508 e. The van der Waals surface area contributed by atoms with Crippen LogP contribution >= 0.6 is 0 Å². The molecule has 0 saturated carbocycles. The average molecular weight is 282 g/mol. The molecule has 0 bridgehead atoms. The molecule has 0 aliphatic heterocycles. The Morgan fingerprint density at radius 3 is 1.90 bits per heavy atom. The number of hydrogen-bond donors (Lipinski definition) is 1. The van der Waals surface area contributed by atoms with Crippen LogP contribution in [-0.4, -0.2) is 10.9 Å². The van der Waals surface area contributed by atoms with E-state index in [0.717, 1.165) is 23.1 Å². The van der Waals surface area contributed by atoms with E-state index in [2.05, 4.69) is 13.8 Å². The topological polar surface area (TPSA) is 37.3 Å². The van der Waals surface area contributed by atoms with Gasteiger partial charge in [0.1, 0.15) is 5.75 Å². The Morgan fingerprint density at radius 1 is 0.952 bits per heavy atom. The fourth-order valence-electron chi connectivity index (χ4n) is 2.49. The molecule has 110 valence electrons. The maximum atomic E-state index is 11.9. The predicted octanol–water partition coefficient (Wildman–Crippen LogP) is 4.70. The second-order valence-electron chi connectivity index (χ2n) is 5.92. The number of ketones is 1. The molecule has 0 spiro atoms. The Kier molecular flexibility index (Phi) is 4.46. The minimum Gasteiger partial charge on any atom is -0.508 e. The molecule has 0 fully saturated rings. The first-order valence-corrected chi connectivity index (χ1v) is 7.38. The second kappa shape index (κ2) is 6.13. The first-order valence-electron chi connectivity index (χ1n) is 7.38. The highest BCUT2D eigenvalue weighted by Crippen LogP contribution is 2.32. The number of benzene rings is 2. The van der Waals surface area contributed by atoms with Crippen LogP contribution in [0.5, 0.6) is 5.75 Å². The van der Waals surface area contributed by atoms with E-state index < -0.39 is 0 Å². The van der Waals surface area contributed by atoms with Crippen molar-refractivity contribution < 1.29 is 9.90 Å². The van der Waals surface area contributed by atoms with Gasteiger partial charge in [-0.25, -0.2) is 0 Å². The van der Waals surface area contributed by atoms with Crippen LogP contribution in [0.4, 0.5) is 0 Å². The van der Waals surface area contributed by atoms with E-state index in [1.54, 1.807) is 12.1 Å². The second-order valence-corrected chi connectivity index (χ2v) is 5.92. The number of hydrogen-bond acceptors (Lipinski definition) is 2. The fraction of sp³-hybridized carbons (Fsp3) is 0.316. The Labute approximate surface area is 126 Å². The lowest BCUT2D eigenvalue weighted by Gasteiger charge is -2.26. The minimum atomic E-state index is -0.167. The van der Waals surface area contributed by atoms with E-state index >= 15 is 0 Å². The molecule has 0 aliphatic carbocycles. The van der Waals surface area contributed by atoms with Crippen LogP contribution < -0.4 is 0 Å². The molecule has 0 radical (unpaired) electrons. The summed E-state index contributed by atoms with van der Waals surface area (Å²) >= 11 is 0. The summed E-state index contributed by atoms with van der Waals surface area (Å²) in [4.78, 5) is 11.9. The number of Topliss-reactive ketones (excluding diaryl/α,β-unsaturated/α-hetero) is 1.